The Hall–Kier alpha value is -3.41. The lowest BCUT2D eigenvalue weighted by Gasteiger charge is -2.18. The molecule has 360 valence electrons. The molecule has 0 unspecified atom stereocenters. The molecule has 0 saturated heterocycles. The normalized spacial score (nSPS) is 12.7. The molecular weight excluding hydrogens is 781 g/mol. The van der Waals surface area contributed by atoms with E-state index in [0.29, 0.717) is 19.3 Å². The summed E-state index contributed by atoms with van der Waals surface area (Å²) < 4.78 is 16.8. The van der Waals surface area contributed by atoms with Crippen LogP contribution < -0.4 is 0 Å². The average molecular weight is 877 g/mol. The van der Waals surface area contributed by atoms with E-state index in [1.807, 2.05) is 0 Å². The lowest BCUT2D eigenvalue weighted by molar-refractivity contribution is -0.167. The van der Waals surface area contributed by atoms with Crippen molar-refractivity contribution in [2.45, 2.75) is 245 Å². The van der Waals surface area contributed by atoms with Crippen LogP contribution in [0.1, 0.15) is 239 Å². The summed E-state index contributed by atoms with van der Waals surface area (Å²) >= 11 is 0. The topological polar surface area (TPSA) is 78.9 Å². The smallest absolute Gasteiger partial charge is 0.306 e. The Bertz CT molecular complexity index is 1170. The van der Waals surface area contributed by atoms with E-state index in [1.165, 1.54) is 64.2 Å². The quantitative estimate of drug-likeness (QED) is 0.0262. The van der Waals surface area contributed by atoms with Crippen LogP contribution in [0.15, 0.2) is 85.1 Å². The largest absolute Gasteiger partial charge is 0.462 e. The maximum atomic E-state index is 12.8. The molecule has 0 atom stereocenters. The predicted molar refractivity (Wildman–Crippen MR) is 270 cm³/mol. The molecule has 0 aromatic rings. The molecule has 63 heavy (non-hydrogen) atoms. The Balaban J connectivity index is 4.45. The summed E-state index contributed by atoms with van der Waals surface area (Å²) in [5.41, 5.74) is 0. The highest BCUT2D eigenvalue weighted by atomic mass is 16.6. The molecular formula is C57H96O6. The van der Waals surface area contributed by atoms with Crippen molar-refractivity contribution < 1.29 is 28.6 Å². The molecule has 0 saturated carbocycles. The maximum Gasteiger partial charge on any atom is 0.306 e. The minimum Gasteiger partial charge on any atom is -0.462 e. The molecule has 0 heterocycles. The Morgan fingerprint density at radius 1 is 0.333 bits per heavy atom. The number of allylic oxidation sites excluding steroid dienone is 14. The van der Waals surface area contributed by atoms with E-state index in [-0.39, 0.29) is 31.1 Å². The van der Waals surface area contributed by atoms with Gasteiger partial charge in [0.2, 0.25) is 0 Å². The first kappa shape index (κ1) is 59.6. The summed E-state index contributed by atoms with van der Waals surface area (Å²) in [7, 11) is 0. The minimum atomic E-state index is -0.793. The zero-order valence-corrected chi connectivity index (χ0v) is 41.1. The highest BCUT2D eigenvalue weighted by Crippen LogP contribution is 2.14. The molecule has 0 rings (SSSR count). The van der Waals surface area contributed by atoms with Gasteiger partial charge in [0.15, 0.2) is 6.10 Å². The highest BCUT2D eigenvalue weighted by Gasteiger charge is 2.19. The van der Waals surface area contributed by atoms with Crippen molar-refractivity contribution in [1.29, 1.82) is 0 Å². The van der Waals surface area contributed by atoms with Crippen LogP contribution >= 0.6 is 0 Å². The summed E-state index contributed by atoms with van der Waals surface area (Å²) in [6.45, 7) is 6.37. The number of esters is 3. The van der Waals surface area contributed by atoms with Crippen molar-refractivity contribution in [3.63, 3.8) is 0 Å². The summed E-state index contributed by atoms with van der Waals surface area (Å²) in [5.74, 6) is -0.930. The van der Waals surface area contributed by atoms with Crippen LogP contribution in [0.4, 0.5) is 0 Å². The van der Waals surface area contributed by atoms with Gasteiger partial charge in [-0.25, -0.2) is 0 Å². The average Bonchev–Trinajstić information content (AvgIpc) is 3.28. The maximum absolute atomic E-state index is 12.8. The molecule has 6 heteroatoms. The van der Waals surface area contributed by atoms with Crippen LogP contribution in [-0.4, -0.2) is 37.2 Å². The van der Waals surface area contributed by atoms with Crippen LogP contribution in [0.2, 0.25) is 0 Å². The third-order valence-electron chi connectivity index (χ3n) is 10.9. The molecule has 0 aromatic carbocycles. The van der Waals surface area contributed by atoms with E-state index in [9.17, 15) is 14.4 Å². The van der Waals surface area contributed by atoms with Gasteiger partial charge in [0, 0.05) is 19.3 Å². The number of hydrogen-bond acceptors (Lipinski definition) is 6. The number of carbonyl (C=O) groups is 3. The van der Waals surface area contributed by atoms with E-state index in [0.717, 1.165) is 135 Å². The zero-order chi connectivity index (χ0) is 45.8. The van der Waals surface area contributed by atoms with E-state index in [4.69, 9.17) is 14.2 Å². The Labute approximate surface area is 388 Å². The summed E-state index contributed by atoms with van der Waals surface area (Å²) in [4.78, 5) is 38.0. The van der Waals surface area contributed by atoms with Gasteiger partial charge in [-0.05, 0) is 109 Å². The molecule has 0 aliphatic carbocycles. The van der Waals surface area contributed by atoms with E-state index >= 15 is 0 Å². The zero-order valence-electron chi connectivity index (χ0n) is 41.1. The van der Waals surface area contributed by atoms with Crippen LogP contribution in [0.25, 0.3) is 0 Å². The minimum absolute atomic E-state index is 0.0934. The molecule has 0 amide bonds. The van der Waals surface area contributed by atoms with Crippen molar-refractivity contribution in [2.24, 2.45) is 0 Å². The van der Waals surface area contributed by atoms with Crippen molar-refractivity contribution in [1.82, 2.24) is 0 Å². The second kappa shape index (κ2) is 51.2. The summed E-state index contributed by atoms with van der Waals surface area (Å²) in [6, 6.07) is 0. The summed E-state index contributed by atoms with van der Waals surface area (Å²) in [6.07, 6.45) is 65.6. The Morgan fingerprint density at radius 3 is 0.984 bits per heavy atom. The van der Waals surface area contributed by atoms with Gasteiger partial charge in [-0.15, -0.1) is 0 Å². The number of hydrogen-bond donors (Lipinski definition) is 0. The number of rotatable bonds is 46. The van der Waals surface area contributed by atoms with E-state index in [2.05, 4.69) is 106 Å². The van der Waals surface area contributed by atoms with Gasteiger partial charge in [-0.1, -0.05) is 196 Å². The number of ether oxygens (including phenoxy) is 3. The lowest BCUT2D eigenvalue weighted by atomic mass is 10.1. The first-order chi connectivity index (χ1) is 31.0. The van der Waals surface area contributed by atoms with Crippen molar-refractivity contribution in [3.8, 4) is 0 Å². The third kappa shape index (κ3) is 49.5. The second-order valence-electron chi connectivity index (χ2n) is 17.0. The Morgan fingerprint density at radius 2 is 0.619 bits per heavy atom. The van der Waals surface area contributed by atoms with E-state index in [1.54, 1.807) is 0 Å². The highest BCUT2D eigenvalue weighted by molar-refractivity contribution is 5.71. The van der Waals surface area contributed by atoms with Crippen molar-refractivity contribution in [3.05, 3.63) is 85.1 Å². The summed E-state index contributed by atoms with van der Waals surface area (Å²) in [5, 5.41) is 0. The molecule has 0 N–H and O–H groups in total. The third-order valence-corrected chi connectivity index (χ3v) is 10.9. The van der Waals surface area contributed by atoms with Crippen molar-refractivity contribution in [2.75, 3.05) is 13.2 Å². The van der Waals surface area contributed by atoms with E-state index < -0.39 is 6.10 Å². The lowest BCUT2D eigenvalue weighted by Crippen LogP contribution is -2.30. The van der Waals surface area contributed by atoms with Gasteiger partial charge < -0.3 is 14.2 Å². The monoisotopic (exact) mass is 877 g/mol. The molecule has 0 bridgehead atoms. The number of carbonyl (C=O) groups excluding carboxylic acids is 3. The second-order valence-corrected chi connectivity index (χ2v) is 17.0. The molecule has 0 fully saturated rings. The molecule has 0 aliphatic heterocycles. The van der Waals surface area contributed by atoms with Crippen LogP contribution in [0, 0.1) is 0 Å². The number of unbranched alkanes of at least 4 members (excludes halogenated alkanes) is 21. The van der Waals surface area contributed by atoms with Gasteiger partial charge in [-0.3, -0.25) is 14.4 Å². The Kier molecular flexibility index (Phi) is 48.5. The van der Waals surface area contributed by atoms with Gasteiger partial charge in [0.1, 0.15) is 13.2 Å². The molecule has 0 radical (unpaired) electrons. The van der Waals surface area contributed by atoms with Gasteiger partial charge >= 0.3 is 17.9 Å². The van der Waals surface area contributed by atoms with Crippen molar-refractivity contribution >= 4 is 17.9 Å². The fourth-order valence-electron chi connectivity index (χ4n) is 6.99. The van der Waals surface area contributed by atoms with Crippen LogP contribution in [-0.2, 0) is 28.6 Å². The standard InChI is InChI=1S/C57H96O6/c1-4-7-10-13-16-19-22-25-28-31-34-37-40-43-46-49-55(58)61-52-54(63-57(60)51-48-45-42-39-36-33-30-27-24-21-18-15-12-9-6-3)53-62-56(59)50-47-44-41-38-35-32-29-26-23-20-17-14-11-8-5-2/h7-8,10-11,16-17,19-21,24-26,28-29,54H,4-6,9,12-15,18,22-23,27,30-53H2,1-3H3. The van der Waals surface area contributed by atoms with Gasteiger partial charge in [0.05, 0.1) is 0 Å². The first-order valence-corrected chi connectivity index (χ1v) is 26.1. The predicted octanol–water partition coefficient (Wildman–Crippen LogP) is 17.2. The fraction of sp³-hybridized carbons (Fsp3) is 0.702. The SMILES string of the molecule is CCC=CCC=CCC=CCCCCCCCC(=O)OCC(COC(=O)CCCCCCCC=CCC=CCC=CCC)OC(=O)CCCCCCCCCC=CCCCCCC. The fourth-order valence-corrected chi connectivity index (χ4v) is 6.99. The van der Waals surface area contributed by atoms with Gasteiger partial charge in [0.25, 0.3) is 0 Å². The molecule has 0 aliphatic rings. The molecule has 6 nitrogen and oxygen atoms in total. The molecule has 0 aromatic heterocycles. The van der Waals surface area contributed by atoms with Crippen LogP contribution in [0.3, 0.4) is 0 Å². The van der Waals surface area contributed by atoms with Crippen LogP contribution in [0.5, 0.6) is 0 Å². The molecule has 0 spiro atoms. The van der Waals surface area contributed by atoms with Gasteiger partial charge in [-0.2, -0.15) is 0 Å². The first-order valence-electron chi connectivity index (χ1n) is 26.1.